The number of nitrogens with one attached hydrogen (secondary N) is 1. The number of aliphatic hydroxyl groups is 1. The lowest BCUT2D eigenvalue weighted by molar-refractivity contribution is -0.212. The minimum absolute atomic E-state index is 0.268. The van der Waals surface area contributed by atoms with Gasteiger partial charge in [-0.05, 0) is 23.5 Å². The van der Waals surface area contributed by atoms with Gasteiger partial charge in [0.25, 0.3) is 5.91 Å². The molecule has 0 bridgehead atoms. The number of amides is 3. The number of aliphatic hydroxyl groups excluding tert-OH is 1. The van der Waals surface area contributed by atoms with Gasteiger partial charge in [-0.3, -0.25) is 19.3 Å². The maximum Gasteiger partial charge on any atom is 0.416 e. The SMILES string of the molecule is CC(C)C(=O)N1C=C(c2ccccc2)N(CC(=O)NC(Cc2ccccc2)C(O)C(F)(F)F)C(=O)[C@H]1C(C)C. The monoisotopic (exact) mass is 545 g/mol. The Bertz CT molecular complexity index is 1180. The molecule has 1 heterocycles. The van der Waals surface area contributed by atoms with Gasteiger partial charge < -0.3 is 15.3 Å². The van der Waals surface area contributed by atoms with Crippen LogP contribution in [0.3, 0.4) is 0 Å². The second-order valence-electron chi connectivity index (χ2n) is 10.2. The van der Waals surface area contributed by atoms with E-state index in [4.69, 9.17) is 0 Å². The molecule has 3 rings (SSSR count). The highest BCUT2D eigenvalue weighted by atomic mass is 19.4. The first-order chi connectivity index (χ1) is 18.3. The van der Waals surface area contributed by atoms with Crippen molar-refractivity contribution in [3.63, 3.8) is 0 Å². The first kappa shape index (κ1) is 29.9. The molecular formula is C29H34F3N3O4. The summed E-state index contributed by atoms with van der Waals surface area (Å²) in [5.41, 5.74) is 1.32. The zero-order valence-corrected chi connectivity index (χ0v) is 22.4. The Morgan fingerprint density at radius 3 is 2.05 bits per heavy atom. The molecule has 3 atom stereocenters. The predicted octanol–water partition coefficient (Wildman–Crippen LogP) is 3.99. The molecule has 0 aromatic heterocycles. The van der Waals surface area contributed by atoms with Gasteiger partial charge in [-0.2, -0.15) is 13.2 Å². The highest BCUT2D eigenvalue weighted by molar-refractivity contribution is 6.00. The number of benzene rings is 2. The topological polar surface area (TPSA) is 90.0 Å². The summed E-state index contributed by atoms with van der Waals surface area (Å²) < 4.78 is 40.4. The molecule has 1 aliphatic rings. The Kier molecular flexibility index (Phi) is 9.55. The molecule has 2 aromatic carbocycles. The van der Waals surface area contributed by atoms with Crippen LogP contribution in [0.2, 0.25) is 0 Å². The third kappa shape index (κ3) is 7.26. The van der Waals surface area contributed by atoms with Crippen LogP contribution in [0.15, 0.2) is 66.9 Å². The van der Waals surface area contributed by atoms with E-state index in [-0.39, 0.29) is 23.9 Å². The molecule has 0 radical (unpaired) electrons. The van der Waals surface area contributed by atoms with Crippen molar-refractivity contribution < 1.29 is 32.7 Å². The smallest absolute Gasteiger partial charge is 0.382 e. The van der Waals surface area contributed by atoms with Crippen molar-refractivity contribution in [3.8, 4) is 0 Å². The van der Waals surface area contributed by atoms with E-state index in [0.29, 0.717) is 11.1 Å². The summed E-state index contributed by atoms with van der Waals surface area (Å²) in [4.78, 5) is 42.6. The second kappa shape index (κ2) is 12.5. The van der Waals surface area contributed by atoms with Gasteiger partial charge >= 0.3 is 6.18 Å². The lowest BCUT2D eigenvalue weighted by atomic mass is 9.95. The summed E-state index contributed by atoms with van der Waals surface area (Å²) in [6.45, 7) is 6.40. The fourth-order valence-corrected chi connectivity index (χ4v) is 4.52. The number of rotatable bonds is 9. The van der Waals surface area contributed by atoms with E-state index in [0.717, 1.165) is 0 Å². The van der Waals surface area contributed by atoms with E-state index in [1.54, 1.807) is 88.4 Å². The average molecular weight is 546 g/mol. The van der Waals surface area contributed by atoms with Crippen molar-refractivity contribution in [2.24, 2.45) is 11.8 Å². The molecule has 1 aliphatic heterocycles. The van der Waals surface area contributed by atoms with Crippen LogP contribution < -0.4 is 5.32 Å². The zero-order chi connectivity index (χ0) is 28.9. The zero-order valence-electron chi connectivity index (χ0n) is 22.4. The molecule has 10 heteroatoms. The Morgan fingerprint density at radius 1 is 0.974 bits per heavy atom. The molecule has 7 nitrogen and oxygen atoms in total. The third-order valence-corrected chi connectivity index (χ3v) is 6.48. The van der Waals surface area contributed by atoms with Gasteiger partial charge in [-0.15, -0.1) is 0 Å². The van der Waals surface area contributed by atoms with Gasteiger partial charge in [0.05, 0.1) is 11.7 Å². The van der Waals surface area contributed by atoms with Crippen molar-refractivity contribution in [2.75, 3.05) is 6.54 Å². The number of carbonyl (C=O) groups is 3. The largest absolute Gasteiger partial charge is 0.416 e. The highest BCUT2D eigenvalue weighted by Gasteiger charge is 2.45. The van der Waals surface area contributed by atoms with Crippen LogP contribution in [0.1, 0.15) is 38.8 Å². The Hall–Kier alpha value is -3.66. The number of hydrogen-bond acceptors (Lipinski definition) is 4. The van der Waals surface area contributed by atoms with E-state index in [1.807, 2.05) is 0 Å². The summed E-state index contributed by atoms with van der Waals surface area (Å²) in [6, 6.07) is 14.3. The minimum Gasteiger partial charge on any atom is -0.382 e. The summed E-state index contributed by atoms with van der Waals surface area (Å²) in [6.07, 6.45) is -6.52. The van der Waals surface area contributed by atoms with Gasteiger partial charge in [0.2, 0.25) is 11.8 Å². The number of alkyl halides is 3. The molecule has 0 aliphatic carbocycles. The maximum atomic E-state index is 13.8. The van der Waals surface area contributed by atoms with Crippen LogP contribution in [0.5, 0.6) is 0 Å². The lowest BCUT2D eigenvalue weighted by Gasteiger charge is -2.41. The number of nitrogens with zero attached hydrogens (tertiary/aromatic N) is 2. The molecule has 0 fully saturated rings. The van der Waals surface area contributed by atoms with Crippen LogP contribution in [0.4, 0.5) is 13.2 Å². The highest BCUT2D eigenvalue weighted by Crippen LogP contribution is 2.31. The fraction of sp³-hybridized carbons (Fsp3) is 0.414. The molecule has 210 valence electrons. The van der Waals surface area contributed by atoms with E-state index < -0.39 is 48.6 Å². The second-order valence-corrected chi connectivity index (χ2v) is 10.2. The van der Waals surface area contributed by atoms with Gasteiger partial charge in [0.1, 0.15) is 12.6 Å². The average Bonchev–Trinajstić information content (AvgIpc) is 2.88. The standard InChI is InChI=1S/C29H34F3N3O4/c1-18(2)25-28(39)34(23(21-13-9-6-10-14-21)16-35(25)27(38)19(3)4)17-24(36)33-22(26(37)29(30,31)32)15-20-11-7-5-8-12-20/h5-14,16,18-19,22,25-26,37H,15,17H2,1-4H3,(H,33,36)/t22?,25-,26?/m1/s1. The Balaban J connectivity index is 1.96. The van der Waals surface area contributed by atoms with Gasteiger partial charge in [-0.25, -0.2) is 0 Å². The van der Waals surface area contributed by atoms with Gasteiger partial charge in [0, 0.05) is 12.1 Å². The van der Waals surface area contributed by atoms with Crippen LogP contribution in [0.25, 0.3) is 5.70 Å². The Morgan fingerprint density at radius 2 is 1.54 bits per heavy atom. The quantitative estimate of drug-likeness (QED) is 0.499. The van der Waals surface area contributed by atoms with Crippen LogP contribution in [-0.4, -0.2) is 63.5 Å². The molecule has 2 aromatic rings. The summed E-state index contributed by atoms with van der Waals surface area (Å²) in [5.74, 6) is -2.37. The molecule has 2 unspecified atom stereocenters. The normalized spacial score (nSPS) is 17.7. The first-order valence-corrected chi connectivity index (χ1v) is 12.8. The van der Waals surface area contributed by atoms with Crippen molar-refractivity contribution >= 4 is 23.4 Å². The van der Waals surface area contributed by atoms with Crippen molar-refractivity contribution in [2.45, 2.75) is 58.5 Å². The van der Waals surface area contributed by atoms with Crippen molar-refractivity contribution in [3.05, 3.63) is 78.0 Å². The van der Waals surface area contributed by atoms with E-state index in [1.165, 1.54) is 16.0 Å². The molecular weight excluding hydrogens is 511 g/mol. The van der Waals surface area contributed by atoms with Crippen molar-refractivity contribution in [1.82, 2.24) is 15.1 Å². The number of halogens is 3. The molecule has 39 heavy (non-hydrogen) atoms. The lowest BCUT2D eigenvalue weighted by Crippen LogP contribution is -2.58. The summed E-state index contributed by atoms with van der Waals surface area (Å²) in [7, 11) is 0. The van der Waals surface area contributed by atoms with Crippen LogP contribution in [0, 0.1) is 11.8 Å². The maximum absolute atomic E-state index is 13.8. The molecule has 0 saturated heterocycles. The van der Waals surface area contributed by atoms with E-state index in [9.17, 15) is 32.7 Å². The van der Waals surface area contributed by atoms with E-state index in [2.05, 4.69) is 5.32 Å². The third-order valence-electron chi connectivity index (χ3n) is 6.48. The van der Waals surface area contributed by atoms with Gasteiger partial charge in [-0.1, -0.05) is 88.4 Å². The molecule has 0 spiro atoms. The molecule has 2 N–H and O–H groups in total. The Labute approximate surface area is 226 Å². The fourth-order valence-electron chi connectivity index (χ4n) is 4.52. The summed E-state index contributed by atoms with van der Waals surface area (Å²) >= 11 is 0. The van der Waals surface area contributed by atoms with Crippen molar-refractivity contribution in [1.29, 1.82) is 0 Å². The van der Waals surface area contributed by atoms with E-state index >= 15 is 0 Å². The minimum atomic E-state index is -4.97. The molecule has 0 saturated carbocycles. The van der Waals surface area contributed by atoms with Crippen LogP contribution in [-0.2, 0) is 20.8 Å². The van der Waals surface area contributed by atoms with Crippen LogP contribution >= 0.6 is 0 Å². The first-order valence-electron chi connectivity index (χ1n) is 12.8. The van der Waals surface area contributed by atoms with Gasteiger partial charge in [0.15, 0.2) is 6.10 Å². The number of carbonyl (C=O) groups excluding carboxylic acids is 3. The predicted molar refractivity (Wildman–Crippen MR) is 141 cm³/mol. The summed E-state index contributed by atoms with van der Waals surface area (Å²) in [5, 5.41) is 12.3. The number of hydrogen-bond donors (Lipinski definition) is 2. The molecule has 3 amide bonds.